The van der Waals surface area contributed by atoms with Crippen LogP contribution in [-0.4, -0.2) is 16.8 Å². The molecule has 0 radical (unpaired) electrons. The Bertz CT molecular complexity index is 529. The van der Waals surface area contributed by atoms with E-state index in [2.05, 4.69) is 14.9 Å². The fourth-order valence-corrected chi connectivity index (χ4v) is 1.35. The summed E-state index contributed by atoms with van der Waals surface area (Å²) in [4.78, 5) is 4.05. The lowest BCUT2D eigenvalue weighted by atomic mass is 10.2. The Morgan fingerprint density at radius 2 is 2.17 bits per heavy atom. The summed E-state index contributed by atoms with van der Waals surface area (Å²) < 4.78 is 33.4. The molecule has 96 valence electrons. The third-order valence-corrected chi connectivity index (χ3v) is 2.15. The molecule has 7 heteroatoms. The summed E-state index contributed by atoms with van der Waals surface area (Å²) in [6.07, 6.45) is 0. The normalized spacial score (nSPS) is 12.7. The summed E-state index contributed by atoms with van der Waals surface area (Å²) in [6.45, 7) is -1.17. The molecule has 1 aromatic heterocycles. The molecular weight excluding hydrogens is 244 g/mol. The van der Waals surface area contributed by atoms with Crippen molar-refractivity contribution < 1.29 is 18.0 Å². The van der Waals surface area contributed by atoms with Crippen LogP contribution >= 0.6 is 0 Å². The molecule has 0 aliphatic heterocycles. The highest BCUT2D eigenvalue weighted by atomic mass is 19.3. The molecule has 5 nitrogen and oxygen atoms in total. The molecule has 1 atom stereocenters. The first-order chi connectivity index (χ1) is 8.56. The van der Waals surface area contributed by atoms with Crippen LogP contribution in [0.15, 0.2) is 28.8 Å². The maximum atomic E-state index is 12.1. The molecule has 0 bridgehead atoms. The number of hydrogen-bond acceptors (Lipinski definition) is 5. The van der Waals surface area contributed by atoms with Gasteiger partial charge in [0, 0.05) is 5.56 Å². The van der Waals surface area contributed by atoms with Crippen molar-refractivity contribution in [3.63, 3.8) is 0 Å². The van der Waals surface area contributed by atoms with E-state index in [9.17, 15) is 8.78 Å². The number of hydrogen-bond donors (Lipinski definition) is 1. The fraction of sp³-hybridized carbons (Fsp3) is 0.273. The van der Waals surface area contributed by atoms with Crippen molar-refractivity contribution in [2.45, 2.75) is 19.6 Å². The van der Waals surface area contributed by atoms with Crippen molar-refractivity contribution in [2.75, 3.05) is 0 Å². The number of alkyl halides is 2. The van der Waals surface area contributed by atoms with Gasteiger partial charge in [0.15, 0.2) is 0 Å². The SMILES string of the molecule is C[C@@H](N)c1nc(-c2cccc(OC(F)F)c2)no1. The van der Waals surface area contributed by atoms with Gasteiger partial charge in [-0.25, -0.2) is 0 Å². The monoisotopic (exact) mass is 255 g/mol. The van der Waals surface area contributed by atoms with E-state index in [0.29, 0.717) is 5.56 Å². The van der Waals surface area contributed by atoms with Crippen LogP contribution in [0.4, 0.5) is 8.78 Å². The maximum Gasteiger partial charge on any atom is 0.387 e. The van der Waals surface area contributed by atoms with Crippen molar-refractivity contribution in [3.8, 4) is 17.1 Å². The van der Waals surface area contributed by atoms with E-state index in [1.54, 1.807) is 19.1 Å². The third-order valence-electron chi connectivity index (χ3n) is 2.15. The second-order valence-corrected chi connectivity index (χ2v) is 3.65. The second-order valence-electron chi connectivity index (χ2n) is 3.65. The number of nitrogens with two attached hydrogens (primary N) is 1. The van der Waals surface area contributed by atoms with Crippen molar-refractivity contribution in [1.82, 2.24) is 10.1 Å². The predicted octanol–water partition coefficient (Wildman–Crippen LogP) is 2.36. The molecular formula is C11H11F2N3O2. The third kappa shape index (κ3) is 2.80. The van der Waals surface area contributed by atoms with Crippen LogP contribution in [0.5, 0.6) is 5.75 Å². The van der Waals surface area contributed by atoms with Crippen LogP contribution < -0.4 is 10.5 Å². The Kier molecular flexibility index (Phi) is 3.52. The van der Waals surface area contributed by atoms with Crippen molar-refractivity contribution in [2.24, 2.45) is 5.73 Å². The Labute approximate surface area is 102 Å². The topological polar surface area (TPSA) is 74.2 Å². The molecule has 2 N–H and O–H groups in total. The van der Waals surface area contributed by atoms with E-state index in [0.717, 1.165) is 0 Å². The van der Waals surface area contributed by atoms with Crippen LogP contribution in [-0.2, 0) is 0 Å². The molecule has 0 unspecified atom stereocenters. The lowest BCUT2D eigenvalue weighted by Gasteiger charge is -2.04. The van der Waals surface area contributed by atoms with Gasteiger partial charge >= 0.3 is 6.61 Å². The van der Waals surface area contributed by atoms with Gasteiger partial charge in [0.1, 0.15) is 5.75 Å². The Morgan fingerprint density at radius 3 is 2.78 bits per heavy atom. The quantitative estimate of drug-likeness (QED) is 0.907. The molecule has 1 aromatic carbocycles. The number of halogens is 2. The summed E-state index contributed by atoms with van der Waals surface area (Å²) >= 11 is 0. The number of benzene rings is 1. The predicted molar refractivity (Wildman–Crippen MR) is 59.0 cm³/mol. The highest BCUT2D eigenvalue weighted by Gasteiger charge is 2.13. The van der Waals surface area contributed by atoms with Gasteiger partial charge in [-0.3, -0.25) is 0 Å². The van der Waals surface area contributed by atoms with E-state index in [4.69, 9.17) is 10.3 Å². The first-order valence-corrected chi connectivity index (χ1v) is 5.20. The van der Waals surface area contributed by atoms with E-state index >= 15 is 0 Å². The lowest BCUT2D eigenvalue weighted by molar-refractivity contribution is -0.0498. The summed E-state index contributed by atoms with van der Waals surface area (Å²) in [5.41, 5.74) is 6.10. The van der Waals surface area contributed by atoms with Crippen molar-refractivity contribution >= 4 is 0 Å². The molecule has 0 spiro atoms. The van der Waals surface area contributed by atoms with Gasteiger partial charge in [-0.2, -0.15) is 13.8 Å². The van der Waals surface area contributed by atoms with Gasteiger partial charge < -0.3 is 15.0 Å². The molecule has 0 fully saturated rings. The average molecular weight is 255 g/mol. The van der Waals surface area contributed by atoms with Crippen LogP contribution in [0.25, 0.3) is 11.4 Å². The molecule has 0 aliphatic carbocycles. The molecule has 18 heavy (non-hydrogen) atoms. The van der Waals surface area contributed by atoms with E-state index < -0.39 is 6.61 Å². The molecule has 0 saturated carbocycles. The van der Waals surface area contributed by atoms with Crippen LogP contribution in [0.1, 0.15) is 18.9 Å². The molecule has 2 aromatic rings. The zero-order chi connectivity index (χ0) is 13.1. The van der Waals surface area contributed by atoms with E-state index in [-0.39, 0.29) is 23.5 Å². The van der Waals surface area contributed by atoms with Crippen LogP contribution in [0.2, 0.25) is 0 Å². The molecule has 1 heterocycles. The first kappa shape index (κ1) is 12.4. The van der Waals surface area contributed by atoms with Gasteiger partial charge in [-0.1, -0.05) is 17.3 Å². The zero-order valence-corrected chi connectivity index (χ0v) is 9.51. The zero-order valence-electron chi connectivity index (χ0n) is 9.51. The minimum atomic E-state index is -2.87. The smallest absolute Gasteiger partial charge is 0.387 e. The summed E-state index contributed by atoms with van der Waals surface area (Å²) in [5.74, 6) is 0.599. The number of aromatic nitrogens is 2. The number of nitrogens with zero attached hydrogens (tertiary/aromatic N) is 2. The van der Waals surface area contributed by atoms with Crippen molar-refractivity contribution in [3.05, 3.63) is 30.2 Å². The standard InChI is InChI=1S/C11H11F2N3O2/c1-6(14)10-15-9(16-18-10)7-3-2-4-8(5-7)17-11(12)13/h2-6,11H,14H2,1H3/t6-/m1/s1. The fourth-order valence-electron chi connectivity index (χ4n) is 1.35. The minimum Gasteiger partial charge on any atom is -0.435 e. The number of rotatable bonds is 4. The van der Waals surface area contributed by atoms with Gasteiger partial charge in [0.25, 0.3) is 0 Å². The number of ether oxygens (including phenoxy) is 1. The van der Waals surface area contributed by atoms with Gasteiger partial charge in [0.2, 0.25) is 11.7 Å². The van der Waals surface area contributed by atoms with E-state index in [1.165, 1.54) is 12.1 Å². The molecule has 0 amide bonds. The second kappa shape index (κ2) is 5.09. The Balaban J connectivity index is 2.26. The van der Waals surface area contributed by atoms with Gasteiger partial charge in [-0.05, 0) is 19.1 Å². The molecule has 0 aliphatic rings. The van der Waals surface area contributed by atoms with Crippen LogP contribution in [0, 0.1) is 0 Å². The summed E-state index contributed by atoms with van der Waals surface area (Å²) in [6, 6.07) is 5.67. The molecule has 0 saturated heterocycles. The highest BCUT2D eigenvalue weighted by molar-refractivity contribution is 5.56. The van der Waals surface area contributed by atoms with E-state index in [1.807, 2.05) is 0 Å². The summed E-state index contributed by atoms with van der Waals surface area (Å²) in [7, 11) is 0. The van der Waals surface area contributed by atoms with Crippen LogP contribution in [0.3, 0.4) is 0 Å². The average Bonchev–Trinajstić information content (AvgIpc) is 2.77. The minimum absolute atomic E-state index is 0.0367. The lowest BCUT2D eigenvalue weighted by Crippen LogP contribution is -2.04. The largest absolute Gasteiger partial charge is 0.435 e. The highest BCUT2D eigenvalue weighted by Crippen LogP contribution is 2.23. The molecule has 2 rings (SSSR count). The van der Waals surface area contributed by atoms with Gasteiger partial charge in [-0.15, -0.1) is 0 Å². The Morgan fingerprint density at radius 1 is 1.39 bits per heavy atom. The summed E-state index contributed by atoms with van der Waals surface area (Å²) in [5, 5.41) is 3.72. The van der Waals surface area contributed by atoms with Gasteiger partial charge in [0.05, 0.1) is 6.04 Å². The van der Waals surface area contributed by atoms with Crippen molar-refractivity contribution in [1.29, 1.82) is 0 Å². The first-order valence-electron chi connectivity index (χ1n) is 5.20. The Hall–Kier alpha value is -2.02. The maximum absolute atomic E-state index is 12.1.